The largest absolute Gasteiger partial charge is 0.363 e. The van der Waals surface area contributed by atoms with Gasteiger partial charge in [0.25, 0.3) is 5.91 Å². The fraction of sp³-hybridized carbons (Fsp3) is 0.829. The van der Waals surface area contributed by atoms with Gasteiger partial charge in [0, 0.05) is 12.5 Å². The maximum Gasteiger partial charge on any atom is 0.316 e. The first-order valence-electron chi connectivity index (χ1n) is 18.1. The molecule has 2 saturated heterocycles. The van der Waals surface area contributed by atoms with E-state index in [1.54, 1.807) is 4.90 Å². The van der Waals surface area contributed by atoms with E-state index in [0.29, 0.717) is 38.6 Å². The Labute approximate surface area is 274 Å². The van der Waals surface area contributed by atoms with Gasteiger partial charge in [0.1, 0.15) is 12.1 Å². The van der Waals surface area contributed by atoms with Crippen LogP contribution in [0.4, 0.5) is 4.79 Å². The van der Waals surface area contributed by atoms with Crippen molar-refractivity contribution in [3.05, 3.63) is 0 Å². The number of amides is 5. The number of hydrogen-bond donors (Lipinski definition) is 4. The summed E-state index contributed by atoms with van der Waals surface area (Å²) in [5, 5.41) is 8.74. The highest BCUT2D eigenvalue weighted by Gasteiger charge is 2.45. The molecule has 2 aliphatic heterocycles. The van der Waals surface area contributed by atoms with Crippen LogP contribution in [0.25, 0.3) is 0 Å². The van der Waals surface area contributed by atoms with Gasteiger partial charge in [-0.05, 0) is 69.1 Å². The topological polar surface area (TPSA) is 168 Å². The second kappa shape index (κ2) is 17.3. The first-order valence-corrected chi connectivity index (χ1v) is 18.1. The number of carbonyl (C=O) groups is 6. The number of fused-ring (bicyclic) bond motifs is 1. The zero-order valence-corrected chi connectivity index (χ0v) is 28.0. The molecule has 0 bridgehead atoms. The minimum Gasteiger partial charge on any atom is -0.363 e. The van der Waals surface area contributed by atoms with Crippen LogP contribution in [0.5, 0.6) is 0 Å². The number of nitrogens with two attached hydrogens (primary N) is 1. The van der Waals surface area contributed by atoms with E-state index in [2.05, 4.69) is 29.8 Å². The van der Waals surface area contributed by atoms with E-state index < -0.39 is 47.8 Å². The van der Waals surface area contributed by atoms with Crippen molar-refractivity contribution in [2.24, 2.45) is 29.4 Å². The van der Waals surface area contributed by atoms with Crippen molar-refractivity contribution in [1.29, 1.82) is 0 Å². The molecule has 0 aromatic heterocycles. The van der Waals surface area contributed by atoms with Gasteiger partial charge in [0.15, 0.2) is 5.78 Å². The molecule has 0 radical (unpaired) electrons. The average molecular weight is 644 g/mol. The van der Waals surface area contributed by atoms with Gasteiger partial charge in [-0.25, -0.2) is 4.79 Å². The fourth-order valence-electron chi connectivity index (χ4n) is 7.90. The summed E-state index contributed by atoms with van der Waals surface area (Å²) in [5.74, 6) is -2.31. The van der Waals surface area contributed by atoms with Crippen molar-refractivity contribution in [2.45, 2.75) is 154 Å². The van der Waals surface area contributed by atoms with Crippen molar-refractivity contribution < 1.29 is 28.8 Å². The molecule has 5 N–H and O–H groups in total. The Bertz CT molecular complexity index is 1100. The first-order chi connectivity index (χ1) is 22.1. The molecule has 2 saturated carbocycles. The van der Waals surface area contributed by atoms with Crippen LogP contribution in [0, 0.1) is 23.7 Å². The smallest absolute Gasteiger partial charge is 0.316 e. The van der Waals surface area contributed by atoms with Crippen LogP contribution in [0.15, 0.2) is 0 Å². The maximum absolute atomic E-state index is 14.3. The van der Waals surface area contributed by atoms with Gasteiger partial charge >= 0.3 is 6.03 Å². The van der Waals surface area contributed by atoms with Crippen molar-refractivity contribution >= 4 is 35.3 Å². The number of hydrogen-bond acceptors (Lipinski definition) is 6. The second-order valence-electron chi connectivity index (χ2n) is 14.7. The highest BCUT2D eigenvalue weighted by atomic mass is 16.2. The van der Waals surface area contributed by atoms with Crippen molar-refractivity contribution in [3.63, 3.8) is 0 Å². The molecule has 0 aromatic rings. The van der Waals surface area contributed by atoms with Crippen LogP contribution in [0.1, 0.15) is 129 Å². The van der Waals surface area contributed by atoms with Crippen LogP contribution >= 0.6 is 0 Å². The molecule has 46 heavy (non-hydrogen) atoms. The zero-order valence-electron chi connectivity index (χ0n) is 28.0. The van der Waals surface area contributed by atoms with Crippen molar-refractivity contribution in [2.75, 3.05) is 6.54 Å². The number of nitrogens with one attached hydrogen (secondary N) is 3. The number of rotatable bonds is 9. The fourth-order valence-corrected chi connectivity index (χ4v) is 7.90. The number of urea groups is 1. The number of ketones is 2. The van der Waals surface area contributed by atoms with Crippen LogP contribution in [0.2, 0.25) is 0 Å². The monoisotopic (exact) mass is 643 g/mol. The third-order valence-corrected chi connectivity index (χ3v) is 10.5. The minimum atomic E-state index is -1.08. The number of nitrogens with zero attached hydrogens (tertiary/aromatic N) is 1. The highest BCUT2D eigenvalue weighted by Crippen LogP contribution is 2.36. The van der Waals surface area contributed by atoms with Gasteiger partial charge in [-0.3, -0.25) is 24.0 Å². The number of carbonyl (C=O) groups excluding carboxylic acids is 6. The van der Waals surface area contributed by atoms with Crippen molar-refractivity contribution in [1.82, 2.24) is 20.9 Å². The number of primary amides is 1. The minimum absolute atomic E-state index is 0.0172. The van der Waals surface area contributed by atoms with E-state index in [1.807, 2.05) is 0 Å². The molecule has 0 unspecified atom stereocenters. The molecule has 4 rings (SSSR count). The normalized spacial score (nSPS) is 28.2. The summed E-state index contributed by atoms with van der Waals surface area (Å²) in [6.45, 7) is 4.49. The lowest BCUT2D eigenvalue weighted by Gasteiger charge is -2.33. The molecule has 4 fully saturated rings. The maximum atomic E-state index is 14.3. The lowest BCUT2D eigenvalue weighted by Crippen LogP contribution is -2.59. The summed E-state index contributed by atoms with van der Waals surface area (Å²) in [5.41, 5.74) is 5.35. The number of Topliss-reactive ketones (excluding diaryl/α,β-unsaturated/α-hetero) is 2. The molecule has 5 amide bonds. The highest BCUT2D eigenvalue weighted by molar-refractivity contribution is 6.37. The van der Waals surface area contributed by atoms with Crippen LogP contribution in [0.3, 0.4) is 0 Å². The third kappa shape index (κ3) is 10.0. The molecular weight excluding hydrogens is 586 g/mol. The Morgan fingerprint density at radius 1 is 0.826 bits per heavy atom. The summed E-state index contributed by atoms with van der Waals surface area (Å²) < 4.78 is 0. The predicted octanol–water partition coefficient (Wildman–Crippen LogP) is 3.91. The summed E-state index contributed by atoms with van der Waals surface area (Å²) in [6.07, 6.45) is 15.0. The molecule has 258 valence electrons. The summed E-state index contributed by atoms with van der Waals surface area (Å²) >= 11 is 0. The molecule has 0 spiro atoms. The average Bonchev–Trinajstić information content (AvgIpc) is 3.80. The molecule has 2 aliphatic carbocycles. The Morgan fingerprint density at radius 2 is 1.41 bits per heavy atom. The van der Waals surface area contributed by atoms with Gasteiger partial charge in [-0.15, -0.1) is 0 Å². The Kier molecular flexibility index (Phi) is 13.5. The quantitative estimate of drug-likeness (QED) is 0.278. The molecule has 11 nitrogen and oxygen atoms in total. The van der Waals surface area contributed by atoms with Crippen molar-refractivity contribution in [3.8, 4) is 0 Å². The lowest BCUT2D eigenvalue weighted by molar-refractivity contribution is -0.143. The Morgan fingerprint density at radius 3 is 2.02 bits per heavy atom. The molecule has 5 atom stereocenters. The van der Waals surface area contributed by atoms with E-state index in [1.165, 1.54) is 0 Å². The summed E-state index contributed by atoms with van der Waals surface area (Å²) in [7, 11) is 0. The van der Waals surface area contributed by atoms with E-state index in [9.17, 15) is 28.8 Å². The van der Waals surface area contributed by atoms with Gasteiger partial charge in [0.2, 0.25) is 17.6 Å². The Balaban J connectivity index is 1.55. The van der Waals surface area contributed by atoms with Gasteiger partial charge < -0.3 is 26.6 Å². The van der Waals surface area contributed by atoms with Crippen LogP contribution in [-0.4, -0.2) is 70.9 Å². The Hall–Kier alpha value is -2.98. The van der Waals surface area contributed by atoms with E-state index in [0.717, 1.165) is 83.5 Å². The molecule has 11 heteroatoms. The molecular formula is C35H57N5O6. The standard InChI is InChI=1S/C35H57N5O6/c1-22(2)21-25-19-20-40-29(25)33(44)37-26(31(42)32(36)43)15-11-6-4-3-5-7-12-16-27(34(40)45)38-35(46)39-28(30(41)24-17-18-24)23-13-9-8-10-14-23/h22-29H,3-21H2,1-2H3,(H2,36,43)(H,37,44)(H2,38,39,46)/t25-,26+,27+,28+,29+/m1/s1. The molecule has 4 aliphatic rings. The first kappa shape index (κ1) is 35.9. The summed E-state index contributed by atoms with van der Waals surface area (Å²) in [6, 6.07) is -3.77. The summed E-state index contributed by atoms with van der Waals surface area (Å²) in [4.78, 5) is 81.2. The molecule has 2 heterocycles. The van der Waals surface area contributed by atoms with Crippen LogP contribution < -0.4 is 21.7 Å². The SMILES string of the molecule is CC(C)C[C@H]1CCN2C(=O)[C@@H](NC(=O)N[C@H](C(=O)C3CC3)C3CCCCC3)CCCCCCCCC[C@@H](C(=O)C(N)=O)NC(=O)[C@H]12. The second-order valence-corrected chi connectivity index (χ2v) is 14.7. The molecule has 0 aromatic carbocycles. The van der Waals surface area contributed by atoms with Gasteiger partial charge in [-0.1, -0.05) is 78.1 Å². The van der Waals surface area contributed by atoms with Crippen LogP contribution in [-0.2, 0) is 24.0 Å². The van der Waals surface area contributed by atoms with E-state index >= 15 is 0 Å². The predicted molar refractivity (Wildman–Crippen MR) is 174 cm³/mol. The van der Waals surface area contributed by atoms with E-state index in [4.69, 9.17) is 5.73 Å². The van der Waals surface area contributed by atoms with E-state index in [-0.39, 0.29) is 35.4 Å². The zero-order chi connectivity index (χ0) is 33.2. The van der Waals surface area contributed by atoms with Gasteiger partial charge in [0.05, 0.1) is 12.1 Å². The third-order valence-electron chi connectivity index (χ3n) is 10.5. The lowest BCUT2D eigenvalue weighted by atomic mass is 9.81. The van der Waals surface area contributed by atoms with Gasteiger partial charge in [-0.2, -0.15) is 0 Å².